The van der Waals surface area contributed by atoms with Crippen LogP contribution in [0.25, 0.3) is 0 Å². The molecule has 21 heavy (non-hydrogen) atoms. The van der Waals surface area contributed by atoms with Crippen molar-refractivity contribution in [2.75, 3.05) is 13.2 Å². The number of nitrogens with one attached hydrogen (secondary N) is 1. The predicted molar refractivity (Wildman–Crippen MR) is 84.6 cm³/mol. The molecule has 4 nitrogen and oxygen atoms in total. The lowest BCUT2D eigenvalue weighted by Gasteiger charge is -2.41. The predicted octanol–water partition coefficient (Wildman–Crippen LogP) is 3.00. The van der Waals surface area contributed by atoms with E-state index in [-0.39, 0.29) is 5.60 Å². The van der Waals surface area contributed by atoms with E-state index in [1.54, 1.807) is 0 Å². The highest BCUT2D eigenvalue weighted by Gasteiger charge is 2.37. The van der Waals surface area contributed by atoms with Crippen molar-refractivity contribution in [1.29, 1.82) is 0 Å². The summed E-state index contributed by atoms with van der Waals surface area (Å²) in [4.78, 5) is 4.90. The molecule has 1 aromatic heterocycles. The molecule has 3 heterocycles. The molecule has 1 atom stereocenters. The van der Waals surface area contributed by atoms with Crippen LogP contribution < -0.4 is 5.32 Å². The third-order valence-electron chi connectivity index (χ3n) is 5.43. The van der Waals surface area contributed by atoms with Crippen LogP contribution in [0.2, 0.25) is 0 Å². The van der Waals surface area contributed by atoms with Crippen LogP contribution >= 0.6 is 0 Å². The zero-order chi connectivity index (χ0) is 14.9. The molecule has 2 aliphatic rings. The fourth-order valence-corrected chi connectivity index (χ4v) is 4.03. The highest BCUT2D eigenvalue weighted by molar-refractivity contribution is 5.22. The van der Waals surface area contributed by atoms with Crippen molar-refractivity contribution in [3.05, 3.63) is 17.2 Å². The lowest BCUT2D eigenvalue weighted by atomic mass is 9.85. The number of ether oxygens (including phenoxy) is 1. The molecule has 1 fully saturated rings. The van der Waals surface area contributed by atoms with E-state index in [0.717, 1.165) is 58.2 Å². The highest BCUT2D eigenvalue weighted by Crippen LogP contribution is 2.39. The maximum Gasteiger partial charge on any atom is 0.109 e. The van der Waals surface area contributed by atoms with Gasteiger partial charge in [0, 0.05) is 44.3 Å². The Morgan fingerprint density at radius 2 is 2.14 bits per heavy atom. The van der Waals surface area contributed by atoms with Gasteiger partial charge in [0.2, 0.25) is 0 Å². The fraction of sp³-hybridized carbons (Fsp3) is 0.824. The minimum absolute atomic E-state index is 0.0813. The number of rotatable bonds is 4. The molecule has 2 aliphatic heterocycles. The van der Waals surface area contributed by atoms with Gasteiger partial charge in [-0.25, -0.2) is 4.98 Å². The minimum Gasteiger partial charge on any atom is -0.375 e. The molecular weight excluding hydrogens is 262 g/mol. The van der Waals surface area contributed by atoms with Crippen LogP contribution in [0.4, 0.5) is 0 Å². The van der Waals surface area contributed by atoms with Gasteiger partial charge in [-0.1, -0.05) is 20.8 Å². The molecule has 0 spiro atoms. The summed E-state index contributed by atoms with van der Waals surface area (Å²) in [6, 6.07) is 0.572. The van der Waals surface area contributed by atoms with Crippen LogP contribution in [0, 0.1) is 0 Å². The highest BCUT2D eigenvalue weighted by atomic mass is 16.5. The van der Waals surface area contributed by atoms with Gasteiger partial charge in [-0.2, -0.15) is 0 Å². The van der Waals surface area contributed by atoms with Crippen molar-refractivity contribution < 1.29 is 4.74 Å². The normalized spacial score (nSPS) is 24.8. The molecule has 0 saturated carbocycles. The third kappa shape index (κ3) is 2.64. The molecule has 1 aromatic rings. The molecule has 0 aliphatic carbocycles. The number of nitrogens with zero attached hydrogens (tertiary/aromatic N) is 2. The third-order valence-corrected chi connectivity index (χ3v) is 5.43. The summed E-state index contributed by atoms with van der Waals surface area (Å²) in [7, 11) is 0. The number of fused-ring (bicyclic) bond motifs is 1. The smallest absolute Gasteiger partial charge is 0.109 e. The topological polar surface area (TPSA) is 39.1 Å². The van der Waals surface area contributed by atoms with Crippen LogP contribution in [-0.4, -0.2) is 28.3 Å². The summed E-state index contributed by atoms with van der Waals surface area (Å²) in [6.07, 6.45) is 6.63. The number of imidazole rings is 1. The van der Waals surface area contributed by atoms with Gasteiger partial charge < -0.3 is 14.6 Å². The van der Waals surface area contributed by atoms with Crippen molar-refractivity contribution >= 4 is 0 Å². The molecule has 0 aromatic carbocycles. The molecule has 1 saturated heterocycles. The summed E-state index contributed by atoms with van der Waals surface area (Å²) >= 11 is 0. The van der Waals surface area contributed by atoms with E-state index in [1.165, 1.54) is 17.2 Å². The molecule has 118 valence electrons. The summed E-state index contributed by atoms with van der Waals surface area (Å²) in [5, 5.41) is 3.45. The quantitative estimate of drug-likeness (QED) is 0.927. The van der Waals surface area contributed by atoms with Gasteiger partial charge in [0.25, 0.3) is 0 Å². The van der Waals surface area contributed by atoms with Gasteiger partial charge in [-0.15, -0.1) is 0 Å². The molecular formula is C17H29N3O. The zero-order valence-electron chi connectivity index (χ0n) is 13.7. The first-order valence-corrected chi connectivity index (χ1v) is 8.66. The largest absolute Gasteiger partial charge is 0.375 e. The van der Waals surface area contributed by atoms with Gasteiger partial charge in [0.05, 0.1) is 11.3 Å². The van der Waals surface area contributed by atoms with Crippen molar-refractivity contribution in [3.63, 3.8) is 0 Å². The Morgan fingerprint density at radius 1 is 1.33 bits per heavy atom. The lowest BCUT2D eigenvalue weighted by Crippen LogP contribution is -2.40. The lowest BCUT2D eigenvalue weighted by molar-refractivity contribution is -0.0992. The first kappa shape index (κ1) is 15.0. The van der Waals surface area contributed by atoms with Crippen molar-refractivity contribution in [3.8, 4) is 0 Å². The Labute approximate surface area is 128 Å². The first-order chi connectivity index (χ1) is 10.2. The van der Waals surface area contributed by atoms with Crippen molar-refractivity contribution in [1.82, 2.24) is 14.9 Å². The summed E-state index contributed by atoms with van der Waals surface area (Å²) in [6.45, 7) is 9.66. The maximum atomic E-state index is 6.16. The summed E-state index contributed by atoms with van der Waals surface area (Å²) < 4.78 is 8.75. The van der Waals surface area contributed by atoms with Crippen LogP contribution in [0.15, 0.2) is 0 Å². The van der Waals surface area contributed by atoms with E-state index < -0.39 is 0 Å². The molecule has 1 unspecified atom stereocenters. The molecule has 0 amide bonds. The van der Waals surface area contributed by atoms with Crippen molar-refractivity contribution in [2.45, 2.75) is 77.5 Å². The monoisotopic (exact) mass is 291 g/mol. The Balaban J connectivity index is 1.94. The zero-order valence-corrected chi connectivity index (χ0v) is 13.7. The Kier molecular flexibility index (Phi) is 4.36. The molecule has 4 heteroatoms. The van der Waals surface area contributed by atoms with E-state index in [4.69, 9.17) is 9.72 Å². The summed E-state index contributed by atoms with van der Waals surface area (Å²) in [5.41, 5.74) is 2.85. The summed E-state index contributed by atoms with van der Waals surface area (Å²) in [5.74, 6) is 1.27. The second-order valence-corrected chi connectivity index (χ2v) is 6.46. The van der Waals surface area contributed by atoms with Crippen LogP contribution in [0.5, 0.6) is 0 Å². The van der Waals surface area contributed by atoms with E-state index in [9.17, 15) is 0 Å². The average molecular weight is 291 g/mol. The van der Waals surface area contributed by atoms with E-state index in [0.29, 0.717) is 6.04 Å². The minimum atomic E-state index is 0.0813. The van der Waals surface area contributed by atoms with Gasteiger partial charge in [0.15, 0.2) is 0 Å². The molecule has 3 rings (SSSR count). The Bertz CT molecular complexity index is 490. The number of aromatic nitrogens is 2. The average Bonchev–Trinajstić information content (AvgIpc) is 2.93. The van der Waals surface area contributed by atoms with Gasteiger partial charge in [-0.05, 0) is 25.7 Å². The Hall–Kier alpha value is -0.870. The Morgan fingerprint density at radius 3 is 2.86 bits per heavy atom. The van der Waals surface area contributed by atoms with E-state index in [1.807, 2.05) is 0 Å². The number of hydrogen-bond donors (Lipinski definition) is 1. The molecule has 0 radical (unpaired) electrons. The fourth-order valence-electron chi connectivity index (χ4n) is 4.03. The van der Waals surface area contributed by atoms with E-state index >= 15 is 0 Å². The van der Waals surface area contributed by atoms with Crippen LogP contribution in [-0.2, 0) is 24.1 Å². The SMILES string of the molecule is CCc1nc2c(n1C1CCOC(CC)(CC)C1)CCNC2. The second kappa shape index (κ2) is 6.09. The van der Waals surface area contributed by atoms with Gasteiger partial charge in [-0.3, -0.25) is 0 Å². The number of hydrogen-bond acceptors (Lipinski definition) is 3. The molecule has 1 N–H and O–H groups in total. The van der Waals surface area contributed by atoms with Gasteiger partial charge >= 0.3 is 0 Å². The van der Waals surface area contributed by atoms with Crippen LogP contribution in [0.1, 0.15) is 69.7 Å². The van der Waals surface area contributed by atoms with Gasteiger partial charge in [0.1, 0.15) is 5.82 Å². The standard InChI is InChI=1S/C17H29N3O/c1-4-16-19-14-12-18-9-7-15(14)20(16)13-8-10-21-17(5-2,6-3)11-13/h13,18H,4-12H2,1-3H3. The van der Waals surface area contributed by atoms with E-state index in [2.05, 4.69) is 30.7 Å². The molecule has 0 bridgehead atoms. The second-order valence-electron chi connectivity index (χ2n) is 6.46. The maximum absolute atomic E-state index is 6.16. The van der Waals surface area contributed by atoms with Crippen molar-refractivity contribution in [2.24, 2.45) is 0 Å². The van der Waals surface area contributed by atoms with Crippen LogP contribution in [0.3, 0.4) is 0 Å². The first-order valence-electron chi connectivity index (χ1n) is 8.66. The number of aryl methyl sites for hydroxylation is 1.